The Kier molecular flexibility index (Phi) is 5.98. The first-order valence-electron chi connectivity index (χ1n) is 4.37. The monoisotopic (exact) mass is 282 g/mol. The minimum atomic E-state index is 0.0533. The lowest BCUT2D eigenvalue weighted by Crippen LogP contribution is -2.22. The summed E-state index contributed by atoms with van der Waals surface area (Å²) in [6.45, 7) is 1.55. The van der Waals surface area contributed by atoms with Crippen molar-refractivity contribution in [2.24, 2.45) is 0 Å². The molecule has 1 aliphatic rings. The number of alkyl halides is 1. The van der Waals surface area contributed by atoms with E-state index in [2.05, 4.69) is 28.7 Å². The fourth-order valence-corrected chi connectivity index (χ4v) is 1.50. The molecule has 0 aliphatic carbocycles. The third kappa shape index (κ3) is 4.42. The quantitative estimate of drug-likeness (QED) is 0.448. The first kappa shape index (κ1) is 10.5. The molecule has 1 heterocycles. The van der Waals surface area contributed by atoms with Crippen LogP contribution in [0.5, 0.6) is 0 Å². The van der Waals surface area contributed by atoms with E-state index in [1.807, 2.05) is 6.08 Å². The van der Waals surface area contributed by atoms with Crippen LogP contribution >= 0.6 is 22.6 Å². The normalized spacial score (nSPS) is 24.9. The maximum atomic E-state index is 5.47. The molecule has 0 N–H and O–H groups in total. The van der Waals surface area contributed by atoms with Crippen LogP contribution in [-0.2, 0) is 9.47 Å². The Bertz CT molecular complexity index is 130. The minimum Gasteiger partial charge on any atom is -0.353 e. The van der Waals surface area contributed by atoms with E-state index in [1.54, 1.807) is 0 Å². The Morgan fingerprint density at radius 2 is 2.33 bits per heavy atom. The van der Waals surface area contributed by atoms with E-state index in [0.29, 0.717) is 6.61 Å². The Hall–Kier alpha value is 0.390. The van der Waals surface area contributed by atoms with Crippen molar-refractivity contribution >= 4 is 22.6 Å². The average Bonchev–Trinajstić information content (AvgIpc) is 2.14. The molecule has 1 saturated heterocycles. The van der Waals surface area contributed by atoms with Gasteiger partial charge in [-0.1, -0.05) is 34.7 Å². The van der Waals surface area contributed by atoms with Gasteiger partial charge in [0.15, 0.2) is 6.29 Å². The topological polar surface area (TPSA) is 18.5 Å². The van der Waals surface area contributed by atoms with E-state index < -0.39 is 0 Å². The molecule has 0 aromatic rings. The summed E-state index contributed by atoms with van der Waals surface area (Å²) in [6.07, 6.45) is 7.67. The highest BCUT2D eigenvalue weighted by atomic mass is 127. The van der Waals surface area contributed by atoms with Crippen LogP contribution in [0.1, 0.15) is 19.3 Å². The predicted octanol–water partition coefficient (Wildman–Crippen LogP) is 2.52. The Morgan fingerprint density at radius 3 is 3.00 bits per heavy atom. The number of halogens is 1. The van der Waals surface area contributed by atoms with Gasteiger partial charge < -0.3 is 9.47 Å². The molecule has 70 valence electrons. The van der Waals surface area contributed by atoms with Gasteiger partial charge in [-0.3, -0.25) is 0 Å². The fraction of sp³-hybridized carbons (Fsp3) is 0.778. The fourth-order valence-electron chi connectivity index (χ4n) is 1.14. The molecule has 0 amide bonds. The van der Waals surface area contributed by atoms with Crippen molar-refractivity contribution < 1.29 is 9.47 Å². The molecule has 0 saturated carbocycles. The second-order valence-corrected chi connectivity index (χ2v) is 3.64. The highest BCUT2D eigenvalue weighted by molar-refractivity contribution is 14.1. The lowest BCUT2D eigenvalue weighted by atomic mass is 10.2. The van der Waals surface area contributed by atoms with Gasteiger partial charge in [0.05, 0.1) is 6.61 Å². The van der Waals surface area contributed by atoms with Gasteiger partial charge in [0.2, 0.25) is 0 Å². The second kappa shape index (κ2) is 6.86. The Morgan fingerprint density at radius 1 is 1.42 bits per heavy atom. The number of rotatable bonds is 4. The zero-order valence-corrected chi connectivity index (χ0v) is 9.33. The van der Waals surface area contributed by atoms with Gasteiger partial charge in [-0.05, 0) is 19.3 Å². The number of ether oxygens (including phenoxy) is 2. The molecule has 0 radical (unpaired) electrons. The molecule has 0 aromatic carbocycles. The largest absolute Gasteiger partial charge is 0.353 e. The molecule has 1 rings (SSSR count). The summed E-state index contributed by atoms with van der Waals surface area (Å²) in [5, 5.41) is 0. The standard InChI is InChI=1S/C9H15IO2/c10-6-2-4-8-12-9-5-1-3-7-11-9/h2,4,9H,1,3,5-8H2/b4-2-. The summed E-state index contributed by atoms with van der Waals surface area (Å²) in [4.78, 5) is 0. The molecule has 1 atom stereocenters. The van der Waals surface area contributed by atoms with Crippen LogP contribution in [0.2, 0.25) is 0 Å². The van der Waals surface area contributed by atoms with E-state index in [1.165, 1.54) is 12.8 Å². The summed E-state index contributed by atoms with van der Waals surface area (Å²) in [5.41, 5.74) is 0. The van der Waals surface area contributed by atoms with Crippen molar-refractivity contribution in [1.82, 2.24) is 0 Å². The molecule has 1 aliphatic heterocycles. The van der Waals surface area contributed by atoms with E-state index in [9.17, 15) is 0 Å². The zero-order chi connectivity index (χ0) is 8.65. The smallest absolute Gasteiger partial charge is 0.157 e. The molecule has 3 heteroatoms. The van der Waals surface area contributed by atoms with E-state index in [0.717, 1.165) is 17.5 Å². The number of hydrogen-bond acceptors (Lipinski definition) is 2. The van der Waals surface area contributed by atoms with E-state index >= 15 is 0 Å². The third-order valence-electron chi connectivity index (χ3n) is 1.77. The van der Waals surface area contributed by atoms with Crippen LogP contribution in [0, 0.1) is 0 Å². The first-order chi connectivity index (χ1) is 5.93. The second-order valence-electron chi connectivity index (χ2n) is 2.76. The summed E-state index contributed by atoms with van der Waals surface area (Å²) in [5.74, 6) is 0. The van der Waals surface area contributed by atoms with Crippen molar-refractivity contribution in [3.8, 4) is 0 Å². The van der Waals surface area contributed by atoms with Gasteiger partial charge in [0, 0.05) is 11.0 Å². The van der Waals surface area contributed by atoms with Crippen LogP contribution in [-0.4, -0.2) is 23.9 Å². The van der Waals surface area contributed by atoms with Crippen LogP contribution in [0.4, 0.5) is 0 Å². The van der Waals surface area contributed by atoms with Crippen molar-refractivity contribution in [3.05, 3.63) is 12.2 Å². The van der Waals surface area contributed by atoms with Crippen molar-refractivity contribution in [3.63, 3.8) is 0 Å². The maximum absolute atomic E-state index is 5.47. The molecular weight excluding hydrogens is 267 g/mol. The molecule has 0 spiro atoms. The van der Waals surface area contributed by atoms with Gasteiger partial charge in [-0.2, -0.15) is 0 Å². The Labute approximate surface area is 87.5 Å². The molecule has 0 aromatic heterocycles. The predicted molar refractivity (Wildman–Crippen MR) is 57.6 cm³/mol. The third-order valence-corrected chi connectivity index (χ3v) is 2.28. The highest BCUT2D eigenvalue weighted by Gasteiger charge is 2.12. The van der Waals surface area contributed by atoms with Gasteiger partial charge in [0.1, 0.15) is 0 Å². The van der Waals surface area contributed by atoms with Crippen LogP contribution in [0.3, 0.4) is 0 Å². The number of allylic oxidation sites excluding steroid dienone is 1. The molecule has 1 fully saturated rings. The van der Waals surface area contributed by atoms with Crippen LogP contribution in [0.25, 0.3) is 0 Å². The summed E-state index contributed by atoms with van der Waals surface area (Å²) in [7, 11) is 0. The summed E-state index contributed by atoms with van der Waals surface area (Å²) in [6, 6.07) is 0. The average molecular weight is 282 g/mol. The molecule has 0 bridgehead atoms. The van der Waals surface area contributed by atoms with Gasteiger partial charge in [0.25, 0.3) is 0 Å². The van der Waals surface area contributed by atoms with Gasteiger partial charge in [-0.15, -0.1) is 0 Å². The lowest BCUT2D eigenvalue weighted by molar-refractivity contribution is -0.155. The number of hydrogen-bond donors (Lipinski definition) is 0. The zero-order valence-electron chi connectivity index (χ0n) is 7.17. The maximum Gasteiger partial charge on any atom is 0.157 e. The Balaban J connectivity index is 2.01. The van der Waals surface area contributed by atoms with E-state index in [-0.39, 0.29) is 6.29 Å². The first-order valence-corrected chi connectivity index (χ1v) is 5.90. The summed E-state index contributed by atoms with van der Waals surface area (Å²) >= 11 is 2.31. The lowest BCUT2D eigenvalue weighted by Gasteiger charge is -2.21. The van der Waals surface area contributed by atoms with Gasteiger partial charge >= 0.3 is 0 Å². The molecule has 12 heavy (non-hydrogen) atoms. The van der Waals surface area contributed by atoms with Gasteiger partial charge in [-0.25, -0.2) is 0 Å². The minimum absolute atomic E-state index is 0.0533. The van der Waals surface area contributed by atoms with Crippen LogP contribution in [0.15, 0.2) is 12.2 Å². The molecule has 1 unspecified atom stereocenters. The molecular formula is C9H15IO2. The SMILES string of the molecule is IC/C=C\COC1CCCCO1. The van der Waals surface area contributed by atoms with Crippen molar-refractivity contribution in [2.75, 3.05) is 17.6 Å². The van der Waals surface area contributed by atoms with Crippen molar-refractivity contribution in [1.29, 1.82) is 0 Å². The molecule has 2 nitrogen and oxygen atoms in total. The summed E-state index contributed by atoms with van der Waals surface area (Å²) < 4.78 is 11.9. The van der Waals surface area contributed by atoms with Crippen LogP contribution < -0.4 is 0 Å². The van der Waals surface area contributed by atoms with E-state index in [4.69, 9.17) is 9.47 Å². The van der Waals surface area contributed by atoms with Crippen molar-refractivity contribution in [2.45, 2.75) is 25.6 Å². The highest BCUT2D eigenvalue weighted by Crippen LogP contribution is 2.13.